The van der Waals surface area contributed by atoms with Gasteiger partial charge in [-0.3, -0.25) is 10.00 Å². The molecular formula is C17H25N7O. The predicted molar refractivity (Wildman–Crippen MR) is 93.3 cm³/mol. The van der Waals surface area contributed by atoms with Crippen molar-refractivity contribution in [2.24, 2.45) is 0 Å². The first kappa shape index (κ1) is 16.4. The number of likely N-dealkylation sites (tertiary alicyclic amines) is 1. The van der Waals surface area contributed by atoms with E-state index in [0.717, 1.165) is 42.7 Å². The largest absolute Gasteiger partial charge is 0.380 e. The molecule has 2 aromatic rings. The molecule has 1 aliphatic heterocycles. The SMILES string of the molecule is CO[C@@H]1C[C@@H](c2nc(C3CC3)n[nH]2)N(Cc2cnc(N(C)C)nc2)C1. The first-order valence-corrected chi connectivity index (χ1v) is 8.81. The Balaban J connectivity index is 1.50. The molecule has 8 heteroatoms. The van der Waals surface area contributed by atoms with Gasteiger partial charge in [0, 0.05) is 58.2 Å². The van der Waals surface area contributed by atoms with Gasteiger partial charge in [-0.15, -0.1) is 0 Å². The second-order valence-electron chi connectivity index (χ2n) is 7.18. The molecule has 1 saturated heterocycles. The topological polar surface area (TPSA) is 83.1 Å². The summed E-state index contributed by atoms with van der Waals surface area (Å²) in [4.78, 5) is 17.9. The zero-order valence-electron chi connectivity index (χ0n) is 15.0. The molecular weight excluding hydrogens is 318 g/mol. The molecule has 0 unspecified atom stereocenters. The van der Waals surface area contributed by atoms with Crippen LogP contribution in [0, 0.1) is 0 Å². The number of aromatic amines is 1. The van der Waals surface area contributed by atoms with Crippen molar-refractivity contribution in [1.29, 1.82) is 0 Å². The molecule has 2 aromatic heterocycles. The molecule has 0 bridgehead atoms. The van der Waals surface area contributed by atoms with E-state index in [2.05, 4.69) is 25.1 Å². The highest BCUT2D eigenvalue weighted by Gasteiger charge is 2.36. The van der Waals surface area contributed by atoms with Gasteiger partial charge in [0.25, 0.3) is 0 Å². The molecule has 1 saturated carbocycles. The minimum absolute atomic E-state index is 0.193. The number of nitrogens with zero attached hydrogens (tertiary/aromatic N) is 6. The highest BCUT2D eigenvalue weighted by atomic mass is 16.5. The Hall–Kier alpha value is -2.06. The van der Waals surface area contributed by atoms with Crippen LogP contribution in [0.2, 0.25) is 0 Å². The van der Waals surface area contributed by atoms with Crippen LogP contribution in [0.3, 0.4) is 0 Å². The first-order chi connectivity index (χ1) is 12.1. The molecule has 2 fully saturated rings. The average Bonchev–Trinajstić information content (AvgIpc) is 3.21. The molecule has 2 aliphatic rings. The van der Waals surface area contributed by atoms with Crippen molar-refractivity contribution < 1.29 is 4.74 Å². The summed E-state index contributed by atoms with van der Waals surface area (Å²) in [6, 6.07) is 0.193. The summed E-state index contributed by atoms with van der Waals surface area (Å²) < 4.78 is 5.61. The van der Waals surface area contributed by atoms with Crippen LogP contribution >= 0.6 is 0 Å². The zero-order chi connectivity index (χ0) is 17.4. The highest BCUT2D eigenvalue weighted by molar-refractivity contribution is 5.26. The maximum atomic E-state index is 5.61. The van der Waals surface area contributed by atoms with Crippen LogP contribution < -0.4 is 4.90 Å². The van der Waals surface area contributed by atoms with Crippen molar-refractivity contribution >= 4 is 5.95 Å². The quantitative estimate of drug-likeness (QED) is 0.851. The molecule has 0 amide bonds. The number of ether oxygens (including phenoxy) is 1. The molecule has 1 N–H and O–H groups in total. The Morgan fingerprint density at radius 2 is 2.04 bits per heavy atom. The minimum Gasteiger partial charge on any atom is -0.380 e. The van der Waals surface area contributed by atoms with Gasteiger partial charge in [-0.05, 0) is 19.3 Å². The van der Waals surface area contributed by atoms with Gasteiger partial charge in [-0.25, -0.2) is 15.0 Å². The van der Waals surface area contributed by atoms with Gasteiger partial charge >= 0.3 is 0 Å². The number of aromatic nitrogens is 5. The third-order valence-corrected chi connectivity index (χ3v) is 4.95. The van der Waals surface area contributed by atoms with Crippen LogP contribution in [0.5, 0.6) is 0 Å². The van der Waals surface area contributed by atoms with Crippen molar-refractivity contribution in [3.8, 4) is 0 Å². The number of anilines is 1. The summed E-state index contributed by atoms with van der Waals surface area (Å²) in [5.74, 6) is 3.20. The van der Waals surface area contributed by atoms with E-state index < -0.39 is 0 Å². The molecule has 0 aromatic carbocycles. The summed E-state index contributed by atoms with van der Waals surface area (Å²) in [7, 11) is 5.66. The van der Waals surface area contributed by atoms with Crippen molar-refractivity contribution in [1.82, 2.24) is 30.0 Å². The highest BCUT2D eigenvalue weighted by Crippen LogP contribution is 2.39. The fraction of sp³-hybridized carbons (Fsp3) is 0.647. The Bertz CT molecular complexity index is 710. The molecule has 3 heterocycles. The van der Waals surface area contributed by atoms with E-state index in [1.165, 1.54) is 12.8 Å². The van der Waals surface area contributed by atoms with Crippen LogP contribution in [0.4, 0.5) is 5.95 Å². The van der Waals surface area contributed by atoms with Crippen molar-refractivity contribution in [3.63, 3.8) is 0 Å². The average molecular weight is 343 g/mol. The molecule has 0 radical (unpaired) electrons. The van der Waals surface area contributed by atoms with Gasteiger partial charge in [0.1, 0.15) is 5.82 Å². The number of methoxy groups -OCH3 is 1. The fourth-order valence-electron chi connectivity index (χ4n) is 3.35. The second kappa shape index (κ2) is 6.68. The van der Waals surface area contributed by atoms with Crippen molar-refractivity contribution in [2.45, 2.75) is 43.9 Å². The summed E-state index contributed by atoms with van der Waals surface area (Å²) in [6.07, 6.45) is 7.35. The van der Waals surface area contributed by atoms with Gasteiger partial charge in [-0.2, -0.15) is 5.10 Å². The third kappa shape index (κ3) is 3.50. The molecule has 134 valence electrons. The maximum Gasteiger partial charge on any atom is 0.224 e. The minimum atomic E-state index is 0.193. The van der Waals surface area contributed by atoms with E-state index in [0.29, 0.717) is 5.92 Å². The van der Waals surface area contributed by atoms with Gasteiger partial charge in [0.15, 0.2) is 5.82 Å². The normalized spacial score (nSPS) is 24.0. The summed E-state index contributed by atoms with van der Waals surface area (Å²) in [5, 5.41) is 7.57. The van der Waals surface area contributed by atoms with Crippen molar-refractivity contribution in [2.75, 3.05) is 32.6 Å². The molecule has 25 heavy (non-hydrogen) atoms. The van der Waals surface area contributed by atoms with Crippen LogP contribution in [0.25, 0.3) is 0 Å². The lowest BCUT2D eigenvalue weighted by Gasteiger charge is -2.22. The number of nitrogens with one attached hydrogen (secondary N) is 1. The van der Waals surface area contributed by atoms with Gasteiger partial charge in [0.05, 0.1) is 12.1 Å². The van der Waals surface area contributed by atoms with E-state index in [9.17, 15) is 0 Å². The number of H-pyrrole nitrogens is 1. The number of hydrogen-bond acceptors (Lipinski definition) is 7. The Labute approximate surface area is 147 Å². The van der Waals surface area contributed by atoms with Gasteiger partial charge in [-0.1, -0.05) is 0 Å². The van der Waals surface area contributed by atoms with E-state index >= 15 is 0 Å². The molecule has 4 rings (SSSR count). The van der Waals surface area contributed by atoms with Gasteiger partial charge < -0.3 is 9.64 Å². The monoisotopic (exact) mass is 343 g/mol. The fourth-order valence-corrected chi connectivity index (χ4v) is 3.35. The Morgan fingerprint density at radius 3 is 2.68 bits per heavy atom. The summed E-state index contributed by atoms with van der Waals surface area (Å²) in [5.41, 5.74) is 1.09. The Kier molecular flexibility index (Phi) is 4.39. The van der Waals surface area contributed by atoms with Crippen LogP contribution in [-0.4, -0.2) is 63.9 Å². The smallest absolute Gasteiger partial charge is 0.224 e. The van der Waals surface area contributed by atoms with Gasteiger partial charge in [0.2, 0.25) is 5.95 Å². The standard InChI is InChI=1S/C17H25N7O/c1-23(2)17-18-7-11(8-19-17)9-24-10-13(25-3)6-14(24)16-20-15(21-22-16)12-4-5-12/h7-8,12-14H,4-6,9-10H2,1-3H3,(H,20,21,22)/t13-,14+/m1/s1. The summed E-state index contributed by atoms with van der Waals surface area (Å²) >= 11 is 0. The maximum absolute atomic E-state index is 5.61. The third-order valence-electron chi connectivity index (χ3n) is 4.95. The lowest BCUT2D eigenvalue weighted by Crippen LogP contribution is -2.25. The predicted octanol–water partition coefficient (Wildman–Crippen LogP) is 1.50. The molecule has 8 nitrogen and oxygen atoms in total. The molecule has 1 aliphatic carbocycles. The van der Waals surface area contributed by atoms with Crippen LogP contribution in [0.15, 0.2) is 12.4 Å². The molecule has 2 atom stereocenters. The first-order valence-electron chi connectivity index (χ1n) is 8.81. The summed E-state index contributed by atoms with van der Waals surface area (Å²) in [6.45, 7) is 1.65. The van der Waals surface area contributed by atoms with E-state index in [4.69, 9.17) is 9.72 Å². The molecule has 0 spiro atoms. The van der Waals surface area contributed by atoms with E-state index in [1.807, 2.05) is 31.4 Å². The lowest BCUT2D eigenvalue weighted by molar-refractivity contribution is 0.107. The van der Waals surface area contributed by atoms with Crippen LogP contribution in [-0.2, 0) is 11.3 Å². The van der Waals surface area contributed by atoms with E-state index in [-0.39, 0.29) is 12.1 Å². The van der Waals surface area contributed by atoms with Crippen LogP contribution in [0.1, 0.15) is 48.4 Å². The number of rotatable bonds is 6. The number of hydrogen-bond donors (Lipinski definition) is 1. The zero-order valence-corrected chi connectivity index (χ0v) is 15.0. The van der Waals surface area contributed by atoms with Crippen molar-refractivity contribution in [3.05, 3.63) is 29.6 Å². The second-order valence-corrected chi connectivity index (χ2v) is 7.18. The Morgan fingerprint density at radius 1 is 1.28 bits per heavy atom. The van der Waals surface area contributed by atoms with E-state index in [1.54, 1.807) is 7.11 Å². The lowest BCUT2D eigenvalue weighted by atomic mass is 10.2.